The first-order valence-corrected chi connectivity index (χ1v) is 15.3. The first-order valence-electron chi connectivity index (χ1n) is 15.3. The first kappa shape index (κ1) is 30.7. The molecule has 4 nitrogen and oxygen atoms in total. The molecule has 0 aliphatic carbocycles. The van der Waals surface area contributed by atoms with Crippen LogP contribution in [0.5, 0.6) is 0 Å². The fraction of sp³-hybridized carbons (Fsp3) is 0.500. The number of benzene rings is 2. The van der Waals surface area contributed by atoms with Crippen molar-refractivity contribution in [2.75, 3.05) is 0 Å². The fourth-order valence-electron chi connectivity index (χ4n) is 6.53. The van der Waals surface area contributed by atoms with Crippen LogP contribution in [0.25, 0.3) is 32.9 Å². The summed E-state index contributed by atoms with van der Waals surface area (Å²) >= 11 is 0. The molecular formula is C36H49FN4. The van der Waals surface area contributed by atoms with E-state index in [0.717, 1.165) is 66.8 Å². The van der Waals surface area contributed by atoms with Gasteiger partial charge in [0.05, 0.1) is 22.6 Å². The van der Waals surface area contributed by atoms with E-state index >= 15 is 4.39 Å². The van der Waals surface area contributed by atoms with Gasteiger partial charge in [0.1, 0.15) is 0 Å². The summed E-state index contributed by atoms with van der Waals surface area (Å²) in [5, 5.41) is 11.5. The Kier molecular flexibility index (Phi) is 8.42. The largest absolute Gasteiger partial charge is 0.356 e. The minimum absolute atomic E-state index is 0.620. The van der Waals surface area contributed by atoms with Gasteiger partial charge in [0.2, 0.25) is 0 Å². The van der Waals surface area contributed by atoms with Gasteiger partial charge in [-0.25, -0.2) is 14.1 Å². The Labute approximate surface area is 246 Å². The highest BCUT2D eigenvalue weighted by molar-refractivity contribution is 6.15. The molecule has 0 amide bonds. The molecule has 0 saturated heterocycles. The normalized spacial score (nSPS) is 22.3. The van der Waals surface area contributed by atoms with Gasteiger partial charge in [-0.15, -0.1) is 0 Å². The zero-order chi connectivity index (χ0) is 30.4. The van der Waals surface area contributed by atoms with Crippen LogP contribution in [0.2, 0.25) is 0 Å². The molecule has 2 bridgehead atoms. The Morgan fingerprint density at radius 1 is 0.854 bits per heavy atom. The molecule has 2 aromatic carbocycles. The average molecular weight is 557 g/mol. The predicted octanol–water partition coefficient (Wildman–Crippen LogP) is 10.0. The Morgan fingerprint density at radius 3 is 2.05 bits per heavy atom. The summed E-state index contributed by atoms with van der Waals surface area (Å²) in [4.78, 5) is 5.39. The smallest absolute Gasteiger partial charge is 0.186 e. The average Bonchev–Trinajstić information content (AvgIpc) is 3.24. The van der Waals surface area contributed by atoms with Crippen molar-refractivity contribution < 1.29 is 4.39 Å². The summed E-state index contributed by atoms with van der Waals surface area (Å²) in [6, 6.07) is 8.73. The van der Waals surface area contributed by atoms with Crippen LogP contribution in [0.15, 0.2) is 30.0 Å². The Morgan fingerprint density at radius 2 is 1.51 bits per heavy atom. The number of pyridine rings is 1. The molecule has 220 valence electrons. The number of nitrogens with zero attached hydrogens (tertiary/aromatic N) is 3. The lowest BCUT2D eigenvalue weighted by molar-refractivity contribution is 0.0512. The van der Waals surface area contributed by atoms with Crippen molar-refractivity contribution in [2.24, 2.45) is 0 Å². The van der Waals surface area contributed by atoms with E-state index in [4.69, 9.17) is 10.1 Å². The van der Waals surface area contributed by atoms with Crippen LogP contribution >= 0.6 is 0 Å². The number of hydrogen-bond acceptors (Lipinski definition) is 3. The minimum atomic E-state index is -1.68. The van der Waals surface area contributed by atoms with Crippen molar-refractivity contribution in [1.82, 2.24) is 20.1 Å². The minimum Gasteiger partial charge on any atom is -0.356 e. The summed E-state index contributed by atoms with van der Waals surface area (Å²) in [7, 11) is 0. The fourth-order valence-corrected chi connectivity index (χ4v) is 6.53. The summed E-state index contributed by atoms with van der Waals surface area (Å²) in [6.45, 7) is 24.7. The Bertz CT molecular complexity index is 1650. The topological polar surface area (TPSA) is 42.7 Å². The van der Waals surface area contributed by atoms with E-state index in [0.29, 0.717) is 6.42 Å². The maximum atomic E-state index is 16.8. The summed E-state index contributed by atoms with van der Waals surface area (Å²) in [5.41, 5.74) is 10.2. The zero-order valence-electron chi connectivity index (χ0n) is 27.4. The maximum absolute atomic E-state index is 16.8. The van der Waals surface area contributed by atoms with Crippen molar-refractivity contribution in [3.63, 3.8) is 0 Å². The second kappa shape index (κ2) is 11.2. The molecule has 2 atom stereocenters. The number of aromatic nitrogens is 3. The van der Waals surface area contributed by atoms with E-state index in [9.17, 15) is 0 Å². The molecule has 1 aliphatic heterocycles. The monoisotopic (exact) mass is 556 g/mol. The lowest BCUT2D eigenvalue weighted by Gasteiger charge is -2.42. The van der Waals surface area contributed by atoms with Crippen molar-refractivity contribution >= 4 is 27.2 Å². The molecule has 0 fully saturated rings. The van der Waals surface area contributed by atoms with Gasteiger partial charge in [0.25, 0.3) is 0 Å². The molecule has 0 saturated carbocycles. The van der Waals surface area contributed by atoms with Gasteiger partial charge in [0.15, 0.2) is 5.79 Å². The number of fused-ring (bicyclic) bond motifs is 4. The Hall–Kier alpha value is -3.21. The highest BCUT2D eigenvalue weighted by atomic mass is 19.1. The number of nitrogens with one attached hydrogen (secondary N) is 1. The van der Waals surface area contributed by atoms with Gasteiger partial charge >= 0.3 is 0 Å². The van der Waals surface area contributed by atoms with Crippen LogP contribution in [0.3, 0.4) is 0 Å². The van der Waals surface area contributed by atoms with Crippen LogP contribution in [0.4, 0.5) is 4.39 Å². The van der Waals surface area contributed by atoms with Crippen molar-refractivity contribution in [1.29, 1.82) is 0 Å². The lowest BCUT2D eigenvalue weighted by Crippen LogP contribution is -2.53. The number of aryl methyl sites for hydroxylation is 5. The molecule has 3 heterocycles. The first-order chi connectivity index (χ1) is 19.2. The standard InChI is InChI=1S/C31H37FN4.C5H12/c1-11-30(9)24-14-18(4)29(36-20(6)15-19(5)35-36)26-23-13-16(2)12-17(3)25(23)27(33-28(24)26)21(7)22(8)34-31(30,10)32;1-3-5-4-2/h12-15,34H,11H2,1-10H3;3-5H2,1-2H3/b22-21-;/t30?,31-;/m1./s1. The van der Waals surface area contributed by atoms with E-state index in [2.05, 4.69) is 85.0 Å². The number of allylic oxidation sites excluding steroid dienone is 2. The number of alkyl halides is 1. The van der Waals surface area contributed by atoms with E-state index in [-0.39, 0.29) is 0 Å². The van der Waals surface area contributed by atoms with E-state index in [1.54, 1.807) is 6.92 Å². The lowest BCUT2D eigenvalue weighted by atomic mass is 9.71. The summed E-state index contributed by atoms with van der Waals surface area (Å²) < 4.78 is 18.8. The zero-order valence-corrected chi connectivity index (χ0v) is 27.4. The quantitative estimate of drug-likeness (QED) is 0.201. The number of rotatable bonds is 4. The van der Waals surface area contributed by atoms with Crippen LogP contribution in [-0.2, 0) is 5.41 Å². The molecule has 5 rings (SSSR count). The second-order valence-electron chi connectivity index (χ2n) is 12.5. The van der Waals surface area contributed by atoms with E-state index in [1.807, 2.05) is 25.5 Å². The molecular weight excluding hydrogens is 507 g/mol. The van der Waals surface area contributed by atoms with Crippen LogP contribution in [0.1, 0.15) is 113 Å². The molecule has 0 radical (unpaired) electrons. The molecule has 1 aliphatic rings. The predicted molar refractivity (Wildman–Crippen MR) is 174 cm³/mol. The third-order valence-corrected chi connectivity index (χ3v) is 9.28. The van der Waals surface area contributed by atoms with Gasteiger partial charge in [-0.1, -0.05) is 70.7 Å². The summed E-state index contributed by atoms with van der Waals surface area (Å²) in [5.74, 6) is -1.68. The molecule has 5 heteroatoms. The second-order valence-corrected chi connectivity index (χ2v) is 12.5. The number of unbranched alkanes of at least 4 members (excludes halogenated alkanes) is 2. The van der Waals surface area contributed by atoms with E-state index < -0.39 is 11.2 Å². The number of halogens is 1. The maximum Gasteiger partial charge on any atom is 0.186 e. The van der Waals surface area contributed by atoms with Crippen molar-refractivity contribution in [3.8, 4) is 5.69 Å². The van der Waals surface area contributed by atoms with Gasteiger partial charge in [-0.3, -0.25) is 0 Å². The SMILES string of the molecule is CCC1(C)c2cc(C)c(-n3nc(C)cc3C)c3c2nc(c2c(C)cc(C)cc23)/C(C)=C(/C)N[C@@]1(C)F.CCCCC. The van der Waals surface area contributed by atoms with Gasteiger partial charge in [-0.2, -0.15) is 5.10 Å². The molecule has 41 heavy (non-hydrogen) atoms. The summed E-state index contributed by atoms with van der Waals surface area (Å²) in [6.07, 6.45) is 4.70. The molecule has 1 N–H and O–H groups in total. The highest BCUT2D eigenvalue weighted by Gasteiger charge is 2.48. The molecule has 1 unspecified atom stereocenters. The van der Waals surface area contributed by atoms with Gasteiger partial charge < -0.3 is 5.32 Å². The third-order valence-electron chi connectivity index (χ3n) is 9.28. The van der Waals surface area contributed by atoms with Crippen molar-refractivity contribution in [3.05, 3.63) is 69.3 Å². The highest BCUT2D eigenvalue weighted by Crippen LogP contribution is 2.48. The van der Waals surface area contributed by atoms with Crippen LogP contribution in [-0.4, -0.2) is 20.6 Å². The Balaban J connectivity index is 0.000000714. The third kappa shape index (κ3) is 5.06. The van der Waals surface area contributed by atoms with Gasteiger partial charge in [0, 0.05) is 27.6 Å². The number of hydrogen-bond donors (Lipinski definition) is 1. The van der Waals surface area contributed by atoms with Crippen LogP contribution in [0, 0.1) is 34.6 Å². The molecule has 2 aromatic heterocycles. The van der Waals surface area contributed by atoms with Crippen LogP contribution < -0.4 is 5.32 Å². The molecule has 4 aromatic rings. The van der Waals surface area contributed by atoms with Gasteiger partial charge in [-0.05, 0) is 95.5 Å². The van der Waals surface area contributed by atoms with Crippen molar-refractivity contribution in [2.45, 2.75) is 120 Å². The van der Waals surface area contributed by atoms with E-state index in [1.165, 1.54) is 30.4 Å². The molecule has 0 spiro atoms.